The minimum Gasteiger partial charge on any atom is -0.467 e. The topological polar surface area (TPSA) is 62.6 Å². The van der Waals surface area contributed by atoms with Gasteiger partial charge in [-0.25, -0.2) is 0 Å². The lowest BCUT2D eigenvalue weighted by Gasteiger charge is -2.30. The van der Waals surface area contributed by atoms with E-state index in [0.717, 1.165) is 11.1 Å². The number of hydrogen-bond acceptors (Lipinski definition) is 3. The zero-order valence-electron chi connectivity index (χ0n) is 15.5. The molecule has 0 aliphatic heterocycles. The van der Waals surface area contributed by atoms with Gasteiger partial charge in [0.2, 0.25) is 11.8 Å². The number of hydrogen-bond donors (Lipinski definition) is 1. The van der Waals surface area contributed by atoms with Gasteiger partial charge in [-0.2, -0.15) is 0 Å². The van der Waals surface area contributed by atoms with Crippen LogP contribution in [0.5, 0.6) is 0 Å². The number of nitrogens with zero attached hydrogens (tertiary/aromatic N) is 1. The standard InChI is InChI=1S/C22H21ClN2O3/c1-16(26)25(15-17-9-11-19(23)12-10-17)21(18-6-3-2-4-7-18)22(27)24-14-20-8-5-13-28-20/h2-13,21H,14-15H2,1H3,(H,24,27)/t21-/m0/s1. The van der Waals surface area contributed by atoms with Crippen molar-refractivity contribution in [2.45, 2.75) is 26.1 Å². The van der Waals surface area contributed by atoms with Crippen molar-refractivity contribution in [1.82, 2.24) is 10.2 Å². The van der Waals surface area contributed by atoms with Crippen molar-refractivity contribution < 1.29 is 14.0 Å². The smallest absolute Gasteiger partial charge is 0.247 e. The summed E-state index contributed by atoms with van der Waals surface area (Å²) in [5.74, 6) is 0.177. The SMILES string of the molecule is CC(=O)N(Cc1ccc(Cl)cc1)[C@H](C(=O)NCc1ccco1)c1ccccc1. The Kier molecular flexibility index (Phi) is 6.50. The zero-order valence-corrected chi connectivity index (χ0v) is 16.2. The number of carbonyl (C=O) groups is 2. The van der Waals surface area contributed by atoms with Crippen molar-refractivity contribution in [2.24, 2.45) is 0 Å². The number of nitrogens with one attached hydrogen (secondary N) is 1. The lowest BCUT2D eigenvalue weighted by molar-refractivity contribution is -0.140. The van der Waals surface area contributed by atoms with Gasteiger partial charge in [-0.05, 0) is 35.4 Å². The van der Waals surface area contributed by atoms with Crippen LogP contribution in [0.2, 0.25) is 5.02 Å². The summed E-state index contributed by atoms with van der Waals surface area (Å²) in [7, 11) is 0. The highest BCUT2D eigenvalue weighted by Gasteiger charge is 2.29. The van der Waals surface area contributed by atoms with E-state index in [0.29, 0.717) is 17.3 Å². The van der Waals surface area contributed by atoms with E-state index in [2.05, 4.69) is 5.32 Å². The van der Waals surface area contributed by atoms with Crippen molar-refractivity contribution in [2.75, 3.05) is 0 Å². The molecule has 0 radical (unpaired) electrons. The average molecular weight is 397 g/mol. The average Bonchev–Trinajstić information content (AvgIpc) is 3.22. The van der Waals surface area contributed by atoms with Gasteiger partial charge in [0.05, 0.1) is 12.8 Å². The Morgan fingerprint density at radius 3 is 2.36 bits per heavy atom. The van der Waals surface area contributed by atoms with E-state index in [4.69, 9.17) is 16.0 Å². The van der Waals surface area contributed by atoms with Crippen molar-refractivity contribution in [3.63, 3.8) is 0 Å². The maximum Gasteiger partial charge on any atom is 0.247 e. The van der Waals surface area contributed by atoms with E-state index >= 15 is 0 Å². The minimum absolute atomic E-state index is 0.197. The van der Waals surface area contributed by atoms with Crippen LogP contribution in [0.25, 0.3) is 0 Å². The van der Waals surface area contributed by atoms with Crippen molar-refractivity contribution in [3.8, 4) is 0 Å². The number of benzene rings is 2. The molecule has 0 unspecified atom stereocenters. The first-order valence-corrected chi connectivity index (χ1v) is 9.29. The Morgan fingerprint density at radius 2 is 1.75 bits per heavy atom. The normalized spacial score (nSPS) is 11.6. The Balaban J connectivity index is 1.87. The lowest BCUT2D eigenvalue weighted by atomic mass is 10.0. The van der Waals surface area contributed by atoms with Crippen molar-refractivity contribution in [1.29, 1.82) is 0 Å². The molecule has 28 heavy (non-hydrogen) atoms. The first-order chi connectivity index (χ1) is 13.5. The van der Waals surface area contributed by atoms with Gasteiger partial charge < -0.3 is 14.6 Å². The maximum absolute atomic E-state index is 13.1. The fourth-order valence-corrected chi connectivity index (χ4v) is 3.09. The van der Waals surface area contributed by atoms with Gasteiger partial charge in [0.15, 0.2) is 0 Å². The van der Waals surface area contributed by atoms with Gasteiger partial charge >= 0.3 is 0 Å². The fraction of sp³-hybridized carbons (Fsp3) is 0.182. The molecule has 0 aliphatic carbocycles. The third-order valence-electron chi connectivity index (χ3n) is 4.36. The van der Waals surface area contributed by atoms with Crippen molar-refractivity contribution >= 4 is 23.4 Å². The van der Waals surface area contributed by atoms with Gasteiger partial charge in [0, 0.05) is 18.5 Å². The van der Waals surface area contributed by atoms with Crippen molar-refractivity contribution in [3.05, 3.63) is 94.9 Å². The van der Waals surface area contributed by atoms with Gasteiger partial charge in [-0.3, -0.25) is 9.59 Å². The third kappa shape index (κ3) is 5.02. The molecule has 2 aromatic carbocycles. The molecule has 0 aliphatic rings. The van der Waals surface area contributed by atoms with Crippen LogP contribution in [0.3, 0.4) is 0 Å². The quantitative estimate of drug-likeness (QED) is 0.646. The molecule has 0 bridgehead atoms. The Morgan fingerprint density at radius 1 is 1.04 bits per heavy atom. The molecule has 0 saturated carbocycles. The summed E-state index contributed by atoms with van der Waals surface area (Å²) in [4.78, 5) is 27.1. The predicted molar refractivity (Wildman–Crippen MR) is 107 cm³/mol. The minimum atomic E-state index is -0.760. The molecule has 1 atom stereocenters. The second kappa shape index (κ2) is 9.24. The molecular weight excluding hydrogens is 376 g/mol. The van der Waals surface area contributed by atoms with E-state index in [9.17, 15) is 9.59 Å². The molecule has 2 amide bonds. The summed E-state index contributed by atoms with van der Waals surface area (Å²) in [6.07, 6.45) is 1.55. The second-order valence-electron chi connectivity index (χ2n) is 6.38. The lowest BCUT2D eigenvalue weighted by Crippen LogP contribution is -2.42. The van der Waals surface area contributed by atoms with E-state index < -0.39 is 6.04 Å². The highest BCUT2D eigenvalue weighted by molar-refractivity contribution is 6.30. The highest BCUT2D eigenvalue weighted by Crippen LogP contribution is 2.24. The molecule has 0 spiro atoms. The molecule has 1 N–H and O–H groups in total. The van der Waals surface area contributed by atoms with Crippen LogP contribution in [0.4, 0.5) is 0 Å². The van der Waals surface area contributed by atoms with Gasteiger partial charge in [-0.1, -0.05) is 54.1 Å². The molecule has 6 heteroatoms. The first kappa shape index (κ1) is 19.7. The molecule has 1 aromatic heterocycles. The van der Waals surface area contributed by atoms with Gasteiger partial charge in [0.25, 0.3) is 0 Å². The predicted octanol–water partition coefficient (Wildman–Crippen LogP) is 4.34. The monoisotopic (exact) mass is 396 g/mol. The number of furan rings is 1. The summed E-state index contributed by atoms with van der Waals surface area (Å²) in [5.41, 5.74) is 1.63. The van der Waals surface area contributed by atoms with Crippen LogP contribution in [-0.2, 0) is 22.7 Å². The second-order valence-corrected chi connectivity index (χ2v) is 6.82. The first-order valence-electron chi connectivity index (χ1n) is 8.91. The number of carbonyl (C=O) groups excluding carboxylic acids is 2. The summed E-state index contributed by atoms with van der Waals surface area (Å²) < 4.78 is 5.28. The number of amides is 2. The van der Waals surface area contributed by atoms with E-state index in [-0.39, 0.29) is 18.4 Å². The zero-order chi connectivity index (χ0) is 19.9. The van der Waals surface area contributed by atoms with Gasteiger partial charge in [-0.15, -0.1) is 0 Å². The molecule has 144 valence electrons. The summed E-state index contributed by atoms with van der Waals surface area (Å²) in [5, 5.41) is 3.49. The fourth-order valence-electron chi connectivity index (χ4n) is 2.96. The van der Waals surface area contributed by atoms with Crippen LogP contribution < -0.4 is 5.32 Å². The van der Waals surface area contributed by atoms with Crippen LogP contribution in [0.15, 0.2) is 77.4 Å². The van der Waals surface area contributed by atoms with Crippen LogP contribution in [-0.4, -0.2) is 16.7 Å². The highest BCUT2D eigenvalue weighted by atomic mass is 35.5. The van der Waals surface area contributed by atoms with Crippen LogP contribution in [0.1, 0.15) is 29.9 Å². The molecular formula is C22H21ClN2O3. The number of rotatable bonds is 7. The Bertz CT molecular complexity index is 909. The summed E-state index contributed by atoms with van der Waals surface area (Å²) in [6.45, 7) is 2.01. The largest absolute Gasteiger partial charge is 0.467 e. The van der Waals surface area contributed by atoms with Crippen LogP contribution >= 0.6 is 11.6 Å². The third-order valence-corrected chi connectivity index (χ3v) is 4.61. The van der Waals surface area contributed by atoms with E-state index in [1.165, 1.54) is 6.92 Å². The van der Waals surface area contributed by atoms with E-state index in [1.807, 2.05) is 42.5 Å². The molecule has 5 nitrogen and oxygen atoms in total. The van der Waals surface area contributed by atoms with Gasteiger partial charge in [0.1, 0.15) is 11.8 Å². The maximum atomic E-state index is 13.1. The summed E-state index contributed by atoms with van der Waals surface area (Å²) in [6, 6.07) is 19.3. The van der Waals surface area contributed by atoms with Crippen LogP contribution in [0, 0.1) is 0 Å². The number of halogens is 1. The Labute approximate surface area is 168 Å². The summed E-state index contributed by atoms with van der Waals surface area (Å²) >= 11 is 5.96. The molecule has 0 saturated heterocycles. The molecule has 3 rings (SSSR count). The van der Waals surface area contributed by atoms with E-state index in [1.54, 1.807) is 35.4 Å². The molecule has 0 fully saturated rings. The molecule has 3 aromatic rings. The Hall–Kier alpha value is -3.05. The molecule has 1 heterocycles.